The molecule has 3 nitrogen and oxygen atoms in total. The molecule has 1 aliphatic rings. The van der Waals surface area contributed by atoms with Crippen molar-refractivity contribution in [3.63, 3.8) is 0 Å². The molecule has 0 bridgehead atoms. The molecular formula is C21H25BrN2O. The van der Waals surface area contributed by atoms with Crippen molar-refractivity contribution >= 4 is 27.4 Å². The van der Waals surface area contributed by atoms with Gasteiger partial charge in [-0.1, -0.05) is 49.6 Å². The van der Waals surface area contributed by atoms with Crippen LogP contribution in [0.1, 0.15) is 53.6 Å². The lowest BCUT2D eigenvalue weighted by Crippen LogP contribution is -2.33. The number of anilines is 1. The molecule has 2 aromatic rings. The Morgan fingerprint density at radius 3 is 2.48 bits per heavy atom. The van der Waals surface area contributed by atoms with Crippen LogP contribution in [-0.4, -0.2) is 23.8 Å². The van der Waals surface area contributed by atoms with Crippen LogP contribution in [0.4, 0.5) is 5.69 Å². The predicted molar refractivity (Wildman–Crippen MR) is 107 cm³/mol. The fraction of sp³-hybridized carbons (Fsp3) is 0.381. The summed E-state index contributed by atoms with van der Waals surface area (Å²) in [6.07, 6.45) is 6.46. The van der Waals surface area contributed by atoms with E-state index in [1.54, 1.807) is 0 Å². The second-order valence-electron chi connectivity index (χ2n) is 6.93. The highest BCUT2D eigenvalue weighted by Crippen LogP contribution is 2.29. The summed E-state index contributed by atoms with van der Waals surface area (Å²) in [5.74, 6) is 0.0304. The molecule has 0 spiro atoms. The minimum Gasteiger partial charge on any atom is -0.398 e. The Morgan fingerprint density at radius 1 is 1.12 bits per heavy atom. The number of hydrogen-bond acceptors (Lipinski definition) is 3. The third-order valence-corrected chi connectivity index (χ3v) is 5.79. The number of nitrogen functional groups attached to an aromatic ring is 1. The van der Waals surface area contributed by atoms with Crippen molar-refractivity contribution in [2.24, 2.45) is 0 Å². The fourth-order valence-corrected chi connectivity index (χ4v) is 4.11. The summed E-state index contributed by atoms with van der Waals surface area (Å²) in [7, 11) is 2.16. The lowest BCUT2D eigenvalue weighted by molar-refractivity contribution is 0.103. The van der Waals surface area contributed by atoms with Crippen LogP contribution >= 0.6 is 15.9 Å². The van der Waals surface area contributed by atoms with Crippen LogP contribution < -0.4 is 5.73 Å². The zero-order chi connectivity index (χ0) is 17.8. The molecule has 1 saturated carbocycles. The molecule has 2 N–H and O–H groups in total. The molecule has 132 valence electrons. The molecule has 0 aromatic heterocycles. The Labute approximate surface area is 158 Å². The molecule has 0 amide bonds. The molecular weight excluding hydrogens is 376 g/mol. The van der Waals surface area contributed by atoms with E-state index in [0.717, 1.165) is 22.3 Å². The van der Waals surface area contributed by atoms with Gasteiger partial charge in [-0.25, -0.2) is 0 Å². The average Bonchev–Trinajstić information content (AvgIpc) is 2.66. The summed E-state index contributed by atoms with van der Waals surface area (Å²) in [6.45, 7) is 0.769. The van der Waals surface area contributed by atoms with Crippen molar-refractivity contribution in [1.82, 2.24) is 4.90 Å². The zero-order valence-electron chi connectivity index (χ0n) is 14.7. The molecule has 2 aromatic carbocycles. The molecule has 3 rings (SSSR count). The Balaban J connectivity index is 1.84. The minimum atomic E-state index is 0.0304. The highest BCUT2D eigenvalue weighted by molar-refractivity contribution is 9.10. The van der Waals surface area contributed by atoms with Crippen LogP contribution in [0.5, 0.6) is 0 Å². The lowest BCUT2D eigenvalue weighted by Gasteiger charge is -2.31. The van der Waals surface area contributed by atoms with Crippen LogP contribution in [-0.2, 0) is 6.54 Å². The van der Waals surface area contributed by atoms with E-state index < -0.39 is 0 Å². The van der Waals surface area contributed by atoms with Crippen molar-refractivity contribution in [2.45, 2.75) is 44.7 Å². The Morgan fingerprint density at radius 2 is 1.80 bits per heavy atom. The molecule has 4 heteroatoms. The first-order valence-corrected chi connectivity index (χ1v) is 9.73. The first-order valence-electron chi connectivity index (χ1n) is 8.94. The SMILES string of the molecule is CN(Cc1cc(C(=O)c2ccccc2)cc(Br)c1N)C1CCCCC1. The number of benzene rings is 2. The molecule has 0 radical (unpaired) electrons. The number of halogens is 1. The first-order chi connectivity index (χ1) is 12.1. The van der Waals surface area contributed by atoms with E-state index in [4.69, 9.17) is 5.73 Å². The number of rotatable bonds is 5. The summed E-state index contributed by atoms with van der Waals surface area (Å²) >= 11 is 3.53. The van der Waals surface area contributed by atoms with Gasteiger partial charge in [0.25, 0.3) is 0 Å². The maximum atomic E-state index is 12.8. The molecule has 0 saturated heterocycles. The van der Waals surface area contributed by atoms with Gasteiger partial charge in [-0.2, -0.15) is 0 Å². The van der Waals surface area contributed by atoms with E-state index in [-0.39, 0.29) is 5.78 Å². The number of ketones is 1. The van der Waals surface area contributed by atoms with Crippen molar-refractivity contribution in [2.75, 3.05) is 12.8 Å². The van der Waals surface area contributed by atoms with E-state index in [1.807, 2.05) is 42.5 Å². The van der Waals surface area contributed by atoms with Gasteiger partial charge in [0.15, 0.2) is 5.78 Å². The Hall–Kier alpha value is -1.65. The second-order valence-corrected chi connectivity index (χ2v) is 7.79. The fourth-order valence-electron chi connectivity index (χ4n) is 3.61. The first kappa shape index (κ1) is 18.2. The van der Waals surface area contributed by atoms with Crippen LogP contribution in [0.2, 0.25) is 0 Å². The molecule has 0 heterocycles. The van der Waals surface area contributed by atoms with Crippen molar-refractivity contribution in [3.8, 4) is 0 Å². The maximum Gasteiger partial charge on any atom is 0.193 e. The maximum absolute atomic E-state index is 12.8. The van der Waals surface area contributed by atoms with Gasteiger partial charge in [-0.05, 0) is 53.5 Å². The van der Waals surface area contributed by atoms with Gasteiger partial charge in [0.2, 0.25) is 0 Å². The summed E-state index contributed by atoms with van der Waals surface area (Å²) in [4.78, 5) is 15.2. The monoisotopic (exact) mass is 400 g/mol. The van der Waals surface area contributed by atoms with E-state index >= 15 is 0 Å². The van der Waals surface area contributed by atoms with Gasteiger partial charge in [0.1, 0.15) is 0 Å². The zero-order valence-corrected chi connectivity index (χ0v) is 16.3. The smallest absolute Gasteiger partial charge is 0.193 e. The normalized spacial score (nSPS) is 15.5. The highest BCUT2D eigenvalue weighted by atomic mass is 79.9. The van der Waals surface area contributed by atoms with Gasteiger partial charge >= 0.3 is 0 Å². The number of carbonyl (C=O) groups excluding carboxylic acids is 1. The largest absolute Gasteiger partial charge is 0.398 e. The van der Waals surface area contributed by atoms with E-state index in [1.165, 1.54) is 32.1 Å². The number of carbonyl (C=O) groups is 1. The molecule has 1 aliphatic carbocycles. The summed E-state index contributed by atoms with van der Waals surface area (Å²) in [5.41, 5.74) is 9.41. The summed E-state index contributed by atoms with van der Waals surface area (Å²) in [5, 5.41) is 0. The van der Waals surface area contributed by atoms with E-state index in [9.17, 15) is 4.79 Å². The average molecular weight is 401 g/mol. The van der Waals surface area contributed by atoms with Gasteiger partial charge in [0, 0.05) is 28.2 Å². The lowest BCUT2D eigenvalue weighted by atomic mass is 9.94. The third-order valence-electron chi connectivity index (χ3n) is 5.13. The molecule has 25 heavy (non-hydrogen) atoms. The van der Waals surface area contributed by atoms with Gasteiger partial charge in [-0.3, -0.25) is 9.69 Å². The Kier molecular flexibility index (Phi) is 5.92. The quantitative estimate of drug-likeness (QED) is 0.565. The second kappa shape index (κ2) is 8.15. The van der Waals surface area contributed by atoms with E-state index in [2.05, 4.69) is 27.9 Å². The van der Waals surface area contributed by atoms with Crippen LogP contribution in [0, 0.1) is 0 Å². The summed E-state index contributed by atoms with van der Waals surface area (Å²) < 4.78 is 0.793. The standard InChI is InChI=1S/C21H25BrN2O/c1-24(18-10-6-3-7-11-18)14-17-12-16(13-19(22)20(17)23)21(25)15-8-4-2-5-9-15/h2,4-5,8-9,12-13,18H,3,6-7,10-11,14,23H2,1H3. The molecule has 0 aliphatic heterocycles. The van der Waals surface area contributed by atoms with Crippen molar-refractivity contribution in [1.29, 1.82) is 0 Å². The van der Waals surface area contributed by atoms with Crippen LogP contribution in [0.15, 0.2) is 46.9 Å². The highest BCUT2D eigenvalue weighted by Gasteiger charge is 2.20. The number of nitrogens with zero attached hydrogens (tertiary/aromatic N) is 1. The van der Waals surface area contributed by atoms with Crippen molar-refractivity contribution < 1.29 is 4.79 Å². The number of nitrogens with two attached hydrogens (primary N) is 1. The van der Waals surface area contributed by atoms with Crippen LogP contribution in [0.3, 0.4) is 0 Å². The van der Waals surface area contributed by atoms with Gasteiger partial charge < -0.3 is 5.73 Å². The Bertz CT molecular complexity index is 739. The van der Waals surface area contributed by atoms with Crippen molar-refractivity contribution in [3.05, 3.63) is 63.6 Å². The topological polar surface area (TPSA) is 46.3 Å². The molecule has 1 fully saturated rings. The minimum absolute atomic E-state index is 0.0304. The predicted octanol–water partition coefficient (Wildman–Crippen LogP) is 5.03. The third kappa shape index (κ3) is 4.31. The number of hydrogen-bond donors (Lipinski definition) is 1. The molecule has 0 unspecified atom stereocenters. The van der Waals surface area contributed by atoms with Gasteiger partial charge in [-0.15, -0.1) is 0 Å². The van der Waals surface area contributed by atoms with Gasteiger partial charge in [0.05, 0.1) is 5.69 Å². The van der Waals surface area contributed by atoms with Crippen LogP contribution in [0.25, 0.3) is 0 Å². The summed E-state index contributed by atoms with van der Waals surface area (Å²) in [6, 6.07) is 13.8. The molecule has 0 atom stereocenters. The van der Waals surface area contributed by atoms with E-state index in [0.29, 0.717) is 17.2 Å².